The standard InChI is InChI=1S/C13H8BrF3/c14-13(8-4-2-1-3-5-8)9-6-11(16)12(17)7-10(9)15/h1-7,13H. The number of benzene rings is 2. The summed E-state index contributed by atoms with van der Waals surface area (Å²) in [7, 11) is 0. The fourth-order valence-electron chi connectivity index (χ4n) is 1.53. The van der Waals surface area contributed by atoms with Gasteiger partial charge in [0.05, 0.1) is 4.83 Å². The molecule has 1 atom stereocenters. The second-order valence-corrected chi connectivity index (χ2v) is 4.48. The van der Waals surface area contributed by atoms with Crippen LogP contribution < -0.4 is 0 Å². The summed E-state index contributed by atoms with van der Waals surface area (Å²) in [6, 6.07) is 10.4. The number of alkyl halides is 1. The van der Waals surface area contributed by atoms with Gasteiger partial charge < -0.3 is 0 Å². The van der Waals surface area contributed by atoms with E-state index in [0.29, 0.717) is 6.07 Å². The van der Waals surface area contributed by atoms with Crippen LogP contribution >= 0.6 is 15.9 Å². The molecule has 0 saturated heterocycles. The van der Waals surface area contributed by atoms with E-state index in [9.17, 15) is 13.2 Å². The molecule has 0 heterocycles. The molecule has 2 rings (SSSR count). The minimum atomic E-state index is -1.18. The van der Waals surface area contributed by atoms with Gasteiger partial charge in [-0.25, -0.2) is 13.2 Å². The van der Waals surface area contributed by atoms with Crippen molar-refractivity contribution in [3.63, 3.8) is 0 Å². The Morgan fingerprint density at radius 3 is 2.06 bits per heavy atom. The molecule has 1 unspecified atom stereocenters. The van der Waals surface area contributed by atoms with E-state index >= 15 is 0 Å². The molecule has 0 amide bonds. The van der Waals surface area contributed by atoms with Gasteiger partial charge in [-0.15, -0.1) is 0 Å². The van der Waals surface area contributed by atoms with Gasteiger partial charge in [-0.1, -0.05) is 46.3 Å². The summed E-state index contributed by atoms with van der Waals surface area (Å²) in [4.78, 5) is -0.501. The first-order chi connectivity index (χ1) is 8.09. The monoisotopic (exact) mass is 300 g/mol. The average Bonchev–Trinajstić information content (AvgIpc) is 2.34. The first-order valence-electron chi connectivity index (χ1n) is 4.93. The van der Waals surface area contributed by atoms with Crippen LogP contribution in [0.1, 0.15) is 16.0 Å². The first-order valence-corrected chi connectivity index (χ1v) is 5.84. The average molecular weight is 301 g/mol. The Kier molecular flexibility index (Phi) is 3.52. The molecule has 0 spiro atoms. The van der Waals surface area contributed by atoms with Crippen LogP contribution in [0, 0.1) is 17.5 Å². The van der Waals surface area contributed by atoms with Gasteiger partial charge in [0.2, 0.25) is 0 Å². The number of rotatable bonds is 2. The third kappa shape index (κ3) is 2.52. The van der Waals surface area contributed by atoms with Crippen LogP contribution in [0.4, 0.5) is 13.2 Å². The molecule has 0 aliphatic rings. The quantitative estimate of drug-likeness (QED) is 0.562. The van der Waals surface area contributed by atoms with Crippen LogP contribution in [0.5, 0.6) is 0 Å². The van der Waals surface area contributed by atoms with E-state index in [1.807, 2.05) is 6.07 Å². The Labute approximate surface area is 105 Å². The van der Waals surface area contributed by atoms with Crippen molar-refractivity contribution in [1.82, 2.24) is 0 Å². The van der Waals surface area contributed by atoms with Gasteiger partial charge in [0.15, 0.2) is 11.6 Å². The molecule has 0 nitrogen and oxygen atoms in total. The van der Waals surface area contributed by atoms with E-state index in [0.717, 1.165) is 11.6 Å². The second kappa shape index (κ2) is 4.92. The lowest BCUT2D eigenvalue weighted by Gasteiger charge is -2.12. The normalized spacial score (nSPS) is 12.5. The summed E-state index contributed by atoms with van der Waals surface area (Å²) in [6.07, 6.45) is 0. The molecule has 0 radical (unpaired) electrons. The summed E-state index contributed by atoms with van der Waals surface area (Å²) in [5.41, 5.74) is 0.854. The summed E-state index contributed by atoms with van der Waals surface area (Å²) < 4.78 is 39.4. The molecule has 0 fully saturated rings. The van der Waals surface area contributed by atoms with Gasteiger partial charge in [0.25, 0.3) is 0 Å². The van der Waals surface area contributed by atoms with Gasteiger partial charge in [0, 0.05) is 11.6 Å². The van der Waals surface area contributed by atoms with Crippen LogP contribution in [0.3, 0.4) is 0 Å². The van der Waals surface area contributed by atoms with Crippen LogP contribution in [-0.4, -0.2) is 0 Å². The molecule has 0 N–H and O–H groups in total. The molecule has 0 aliphatic carbocycles. The van der Waals surface area contributed by atoms with Crippen molar-refractivity contribution in [2.45, 2.75) is 4.83 Å². The summed E-state index contributed by atoms with van der Waals surface area (Å²) >= 11 is 3.27. The Morgan fingerprint density at radius 1 is 0.824 bits per heavy atom. The van der Waals surface area contributed by atoms with Crippen molar-refractivity contribution in [1.29, 1.82) is 0 Å². The molecule has 4 heteroatoms. The highest BCUT2D eigenvalue weighted by molar-refractivity contribution is 9.09. The lowest BCUT2D eigenvalue weighted by atomic mass is 10.0. The molecule has 2 aromatic carbocycles. The summed E-state index contributed by atoms with van der Waals surface area (Å²) in [5, 5.41) is 0. The number of hydrogen-bond donors (Lipinski definition) is 0. The van der Waals surface area contributed by atoms with E-state index in [2.05, 4.69) is 15.9 Å². The highest BCUT2D eigenvalue weighted by atomic mass is 79.9. The molecule has 88 valence electrons. The molecular weight excluding hydrogens is 293 g/mol. The predicted molar refractivity (Wildman–Crippen MR) is 63.5 cm³/mol. The highest BCUT2D eigenvalue weighted by Gasteiger charge is 2.17. The minimum absolute atomic E-state index is 0.0788. The molecular formula is C13H8BrF3. The zero-order valence-electron chi connectivity index (χ0n) is 8.63. The molecule has 0 bridgehead atoms. The van der Waals surface area contributed by atoms with Crippen molar-refractivity contribution in [2.75, 3.05) is 0 Å². The van der Waals surface area contributed by atoms with Crippen molar-refractivity contribution in [3.05, 3.63) is 71.0 Å². The van der Waals surface area contributed by atoms with Crippen LogP contribution in [0.15, 0.2) is 42.5 Å². The van der Waals surface area contributed by atoms with E-state index in [4.69, 9.17) is 0 Å². The molecule has 0 aromatic heterocycles. The van der Waals surface area contributed by atoms with E-state index in [1.54, 1.807) is 24.3 Å². The van der Waals surface area contributed by atoms with E-state index in [-0.39, 0.29) is 5.56 Å². The summed E-state index contributed by atoms with van der Waals surface area (Å²) in [6.45, 7) is 0. The van der Waals surface area contributed by atoms with Gasteiger partial charge in [-0.3, -0.25) is 0 Å². The highest BCUT2D eigenvalue weighted by Crippen LogP contribution is 2.33. The molecule has 17 heavy (non-hydrogen) atoms. The number of halogens is 4. The third-order valence-electron chi connectivity index (χ3n) is 2.40. The Morgan fingerprint density at radius 2 is 1.41 bits per heavy atom. The maximum absolute atomic E-state index is 13.5. The summed E-state index contributed by atoms with van der Waals surface area (Å²) in [5.74, 6) is -3.00. The Hall–Kier alpha value is -1.29. The lowest BCUT2D eigenvalue weighted by Crippen LogP contribution is -1.99. The van der Waals surface area contributed by atoms with Crippen molar-refractivity contribution < 1.29 is 13.2 Å². The van der Waals surface area contributed by atoms with Gasteiger partial charge in [-0.2, -0.15) is 0 Å². The molecule has 2 aromatic rings. The zero-order chi connectivity index (χ0) is 12.4. The number of hydrogen-bond acceptors (Lipinski definition) is 0. The predicted octanol–water partition coefficient (Wildman–Crippen LogP) is 4.59. The van der Waals surface area contributed by atoms with Gasteiger partial charge in [0.1, 0.15) is 5.82 Å². The smallest absolute Gasteiger partial charge is 0.161 e. The van der Waals surface area contributed by atoms with Crippen LogP contribution in [-0.2, 0) is 0 Å². The molecule has 0 aliphatic heterocycles. The fourth-order valence-corrected chi connectivity index (χ4v) is 2.19. The van der Waals surface area contributed by atoms with Crippen LogP contribution in [0.25, 0.3) is 0 Å². The van der Waals surface area contributed by atoms with Crippen LogP contribution in [0.2, 0.25) is 0 Å². The van der Waals surface area contributed by atoms with E-state index < -0.39 is 22.3 Å². The largest absolute Gasteiger partial charge is 0.207 e. The zero-order valence-corrected chi connectivity index (χ0v) is 10.2. The van der Waals surface area contributed by atoms with E-state index in [1.165, 1.54) is 0 Å². The topological polar surface area (TPSA) is 0 Å². The maximum atomic E-state index is 13.5. The fraction of sp³-hybridized carbons (Fsp3) is 0.0769. The van der Waals surface area contributed by atoms with Crippen molar-refractivity contribution in [2.24, 2.45) is 0 Å². The van der Waals surface area contributed by atoms with Gasteiger partial charge >= 0.3 is 0 Å². The Bertz CT molecular complexity index is 526. The molecule has 0 saturated carbocycles. The van der Waals surface area contributed by atoms with Crippen molar-refractivity contribution in [3.8, 4) is 0 Å². The Balaban J connectivity index is 2.44. The first kappa shape index (κ1) is 12.2. The van der Waals surface area contributed by atoms with Crippen molar-refractivity contribution >= 4 is 15.9 Å². The SMILES string of the molecule is Fc1cc(F)c(C(Br)c2ccccc2)cc1F. The minimum Gasteiger partial charge on any atom is -0.207 e. The van der Waals surface area contributed by atoms with Gasteiger partial charge in [-0.05, 0) is 11.6 Å². The lowest BCUT2D eigenvalue weighted by molar-refractivity contribution is 0.491. The second-order valence-electron chi connectivity index (χ2n) is 3.56. The third-order valence-corrected chi connectivity index (χ3v) is 3.43. The maximum Gasteiger partial charge on any atom is 0.161 e.